The molecule has 1 N–H and O–H groups in total. The van der Waals surface area contributed by atoms with Crippen LogP contribution >= 0.6 is 23.4 Å². The highest BCUT2D eigenvalue weighted by Gasteiger charge is 2.35. The first kappa shape index (κ1) is 26.3. The summed E-state index contributed by atoms with van der Waals surface area (Å²) in [5.41, 5.74) is 4.15. The van der Waals surface area contributed by atoms with E-state index in [2.05, 4.69) is 5.32 Å². The molecule has 3 aromatic carbocycles. The Morgan fingerprint density at radius 2 is 1.84 bits per heavy atom. The number of carbonyl (C=O) groups is 3. The molecule has 7 nitrogen and oxygen atoms in total. The first-order valence-electron chi connectivity index (χ1n) is 11.4. The summed E-state index contributed by atoms with van der Waals surface area (Å²) >= 11 is 7.06. The van der Waals surface area contributed by atoms with Crippen LogP contribution in [0.1, 0.15) is 22.3 Å². The Bertz CT molecular complexity index is 1410. The van der Waals surface area contributed by atoms with E-state index >= 15 is 0 Å². The first-order valence-corrected chi connectivity index (χ1v) is 12.6. The van der Waals surface area contributed by atoms with Gasteiger partial charge in [-0.15, -0.1) is 0 Å². The molecule has 0 unspecified atom stereocenters. The largest absolute Gasteiger partial charge is 0.493 e. The minimum atomic E-state index is -0.391. The molecule has 1 aliphatic rings. The molecule has 0 spiro atoms. The fourth-order valence-electron chi connectivity index (χ4n) is 3.69. The average Bonchev–Trinajstić information content (AvgIpc) is 3.14. The Morgan fingerprint density at radius 3 is 2.59 bits per heavy atom. The molecule has 37 heavy (non-hydrogen) atoms. The van der Waals surface area contributed by atoms with Crippen LogP contribution in [-0.2, 0) is 16.1 Å². The van der Waals surface area contributed by atoms with Crippen molar-refractivity contribution in [3.63, 3.8) is 0 Å². The van der Waals surface area contributed by atoms with Crippen LogP contribution in [0.2, 0.25) is 5.02 Å². The zero-order chi connectivity index (χ0) is 26.5. The number of halogens is 1. The minimum absolute atomic E-state index is 0.0991. The van der Waals surface area contributed by atoms with Crippen molar-refractivity contribution < 1.29 is 23.9 Å². The highest BCUT2D eigenvalue weighted by atomic mass is 35.5. The number of methoxy groups -OCH3 is 1. The fraction of sp³-hybridized carbons (Fsp3) is 0.179. The van der Waals surface area contributed by atoms with Crippen molar-refractivity contribution >= 4 is 52.2 Å². The number of hydrogen-bond acceptors (Lipinski definition) is 6. The number of hydrogen-bond donors (Lipinski definition) is 1. The van der Waals surface area contributed by atoms with Gasteiger partial charge >= 0.3 is 0 Å². The number of imide groups is 1. The van der Waals surface area contributed by atoms with Crippen molar-refractivity contribution in [2.45, 2.75) is 20.4 Å². The molecule has 0 aromatic heterocycles. The third kappa shape index (κ3) is 6.15. The van der Waals surface area contributed by atoms with Crippen molar-refractivity contribution in [3.05, 3.63) is 92.8 Å². The predicted octanol–water partition coefficient (Wildman–Crippen LogP) is 6.22. The number of anilines is 1. The van der Waals surface area contributed by atoms with E-state index in [1.165, 1.54) is 12.0 Å². The SMILES string of the molecule is COc1cc(/C=C2\SC(=O)N(Cc3ccccc3Cl)C2=O)ccc1OCC(=O)Nc1cccc(C)c1C. The topological polar surface area (TPSA) is 84.9 Å². The maximum Gasteiger partial charge on any atom is 0.293 e. The Balaban J connectivity index is 1.43. The predicted molar refractivity (Wildman–Crippen MR) is 146 cm³/mol. The number of ether oxygens (including phenoxy) is 2. The van der Waals surface area contributed by atoms with Gasteiger partial charge in [-0.05, 0) is 78.2 Å². The van der Waals surface area contributed by atoms with Crippen molar-refractivity contribution in [3.8, 4) is 11.5 Å². The van der Waals surface area contributed by atoms with Gasteiger partial charge in [-0.1, -0.05) is 48.0 Å². The van der Waals surface area contributed by atoms with Gasteiger partial charge < -0.3 is 14.8 Å². The van der Waals surface area contributed by atoms with E-state index in [1.54, 1.807) is 48.5 Å². The van der Waals surface area contributed by atoms with E-state index in [1.807, 2.05) is 32.0 Å². The minimum Gasteiger partial charge on any atom is -0.493 e. The first-order chi connectivity index (χ1) is 17.8. The number of amides is 3. The standard InChI is InChI=1S/C28H25ClN2O5S/c1-17-7-6-10-22(18(17)2)30-26(32)16-36-23-12-11-19(13-24(23)35-3)14-25-27(33)31(28(34)37-25)15-20-8-4-5-9-21(20)29/h4-14H,15-16H2,1-3H3,(H,30,32)/b25-14-. The third-order valence-corrected chi connectivity index (χ3v) is 7.16. The third-order valence-electron chi connectivity index (χ3n) is 5.88. The van der Waals surface area contributed by atoms with Gasteiger partial charge in [0.2, 0.25) is 0 Å². The lowest BCUT2D eigenvalue weighted by Crippen LogP contribution is -2.27. The second-order valence-corrected chi connectivity index (χ2v) is 9.75. The van der Waals surface area contributed by atoms with Crippen LogP contribution in [0.3, 0.4) is 0 Å². The summed E-state index contributed by atoms with van der Waals surface area (Å²) in [4.78, 5) is 39.3. The summed E-state index contributed by atoms with van der Waals surface area (Å²) in [5, 5.41) is 2.98. The number of carbonyl (C=O) groups excluding carboxylic acids is 3. The van der Waals surface area contributed by atoms with Gasteiger partial charge in [0, 0.05) is 10.7 Å². The fourth-order valence-corrected chi connectivity index (χ4v) is 4.73. The Kier molecular flexibility index (Phi) is 8.21. The lowest BCUT2D eigenvalue weighted by molar-refractivity contribution is -0.123. The van der Waals surface area contributed by atoms with Crippen LogP contribution < -0.4 is 14.8 Å². The molecule has 0 bridgehead atoms. The maximum absolute atomic E-state index is 12.9. The van der Waals surface area contributed by atoms with Crippen molar-refractivity contribution in [1.29, 1.82) is 0 Å². The van der Waals surface area contributed by atoms with Gasteiger partial charge in [0.15, 0.2) is 18.1 Å². The molecule has 0 atom stereocenters. The summed E-state index contributed by atoms with van der Waals surface area (Å²) in [7, 11) is 1.49. The molecule has 0 aliphatic carbocycles. The van der Waals surface area contributed by atoms with E-state index in [0.29, 0.717) is 32.6 Å². The van der Waals surface area contributed by atoms with Crippen molar-refractivity contribution in [2.24, 2.45) is 0 Å². The Hall–Kier alpha value is -3.75. The van der Waals surface area contributed by atoms with E-state index in [0.717, 1.165) is 28.6 Å². The lowest BCUT2D eigenvalue weighted by Gasteiger charge is -2.13. The van der Waals surface area contributed by atoms with Crippen LogP contribution in [0.5, 0.6) is 11.5 Å². The van der Waals surface area contributed by atoms with E-state index in [4.69, 9.17) is 21.1 Å². The molecule has 1 heterocycles. The monoisotopic (exact) mass is 536 g/mol. The summed E-state index contributed by atoms with van der Waals surface area (Å²) in [6, 6.07) is 17.9. The number of aryl methyl sites for hydroxylation is 1. The van der Waals surface area contributed by atoms with E-state index < -0.39 is 5.91 Å². The van der Waals surface area contributed by atoms with Gasteiger partial charge in [-0.25, -0.2) is 0 Å². The summed E-state index contributed by atoms with van der Waals surface area (Å²) in [6.07, 6.45) is 1.62. The maximum atomic E-state index is 12.9. The van der Waals surface area contributed by atoms with Crippen molar-refractivity contribution in [1.82, 2.24) is 4.90 Å². The van der Waals surface area contributed by atoms with Gasteiger partial charge in [0.1, 0.15) is 0 Å². The Morgan fingerprint density at radius 1 is 1.05 bits per heavy atom. The number of rotatable bonds is 8. The molecule has 1 fully saturated rings. The molecule has 3 amide bonds. The van der Waals surface area contributed by atoms with Gasteiger partial charge in [-0.2, -0.15) is 0 Å². The molecule has 190 valence electrons. The van der Waals surface area contributed by atoms with E-state index in [9.17, 15) is 14.4 Å². The molecule has 1 aliphatic heterocycles. The quantitative estimate of drug-likeness (QED) is 0.344. The molecule has 9 heteroatoms. The summed E-state index contributed by atoms with van der Waals surface area (Å²) in [5.74, 6) is 0.0792. The number of nitrogens with one attached hydrogen (secondary N) is 1. The smallest absolute Gasteiger partial charge is 0.293 e. The highest BCUT2D eigenvalue weighted by Crippen LogP contribution is 2.36. The van der Waals surface area contributed by atoms with Crippen LogP contribution in [0.15, 0.2) is 65.6 Å². The zero-order valence-corrected chi connectivity index (χ0v) is 22.1. The molecule has 3 aromatic rings. The lowest BCUT2D eigenvalue weighted by atomic mass is 10.1. The number of nitrogens with zero attached hydrogens (tertiary/aromatic N) is 1. The second kappa shape index (κ2) is 11.5. The Labute approximate surface area is 224 Å². The molecular weight excluding hydrogens is 512 g/mol. The van der Waals surface area contributed by atoms with Gasteiger partial charge in [-0.3, -0.25) is 19.3 Å². The molecule has 4 rings (SSSR count). The van der Waals surface area contributed by atoms with Crippen LogP contribution in [0, 0.1) is 13.8 Å². The van der Waals surface area contributed by atoms with Crippen LogP contribution in [0.25, 0.3) is 6.08 Å². The second-order valence-electron chi connectivity index (χ2n) is 8.35. The molecule has 0 radical (unpaired) electrons. The van der Waals surface area contributed by atoms with Gasteiger partial charge in [0.05, 0.1) is 18.6 Å². The molecular formula is C28H25ClN2O5S. The highest BCUT2D eigenvalue weighted by molar-refractivity contribution is 8.18. The van der Waals surface area contributed by atoms with E-state index in [-0.39, 0.29) is 24.3 Å². The summed E-state index contributed by atoms with van der Waals surface area (Å²) < 4.78 is 11.1. The average molecular weight is 537 g/mol. The summed E-state index contributed by atoms with van der Waals surface area (Å²) in [6.45, 7) is 3.82. The zero-order valence-electron chi connectivity index (χ0n) is 20.5. The number of benzene rings is 3. The normalized spacial score (nSPS) is 14.3. The number of thioether (sulfide) groups is 1. The van der Waals surface area contributed by atoms with Crippen LogP contribution in [0.4, 0.5) is 10.5 Å². The molecule has 0 saturated carbocycles. The van der Waals surface area contributed by atoms with Crippen LogP contribution in [-0.4, -0.2) is 35.7 Å². The van der Waals surface area contributed by atoms with Gasteiger partial charge in [0.25, 0.3) is 17.1 Å². The van der Waals surface area contributed by atoms with Crippen molar-refractivity contribution in [2.75, 3.05) is 19.0 Å². The molecule has 1 saturated heterocycles.